The Morgan fingerprint density at radius 2 is 2.39 bits per heavy atom. The molecule has 0 aromatic carbocycles. The molecule has 1 aliphatic heterocycles. The molecule has 0 aliphatic carbocycles. The molecule has 0 saturated heterocycles. The Morgan fingerprint density at radius 1 is 1.56 bits per heavy atom. The van der Waals surface area contributed by atoms with Gasteiger partial charge < -0.3 is 16.2 Å². The second kappa shape index (κ2) is 4.22. The molecule has 6 heteroatoms. The number of nitrogens with one attached hydrogen (secondary N) is 1. The van der Waals surface area contributed by atoms with Crippen LogP contribution in [0.3, 0.4) is 0 Å². The number of carbonyl (C=O) groups is 1. The number of fused-ring (bicyclic) bond motifs is 2. The lowest BCUT2D eigenvalue weighted by molar-refractivity contribution is 0.0703. The van der Waals surface area contributed by atoms with Crippen molar-refractivity contribution in [2.75, 3.05) is 12.3 Å². The second-order valence-electron chi connectivity index (χ2n) is 4.38. The van der Waals surface area contributed by atoms with Crippen molar-refractivity contribution in [1.82, 2.24) is 10.3 Å². The molecule has 0 atom stereocenters. The van der Waals surface area contributed by atoms with Crippen LogP contribution >= 0.6 is 11.3 Å². The number of anilines is 1. The van der Waals surface area contributed by atoms with Crippen molar-refractivity contribution < 1.29 is 9.90 Å². The molecule has 3 rings (SSSR count). The van der Waals surface area contributed by atoms with Gasteiger partial charge in [-0.3, -0.25) is 0 Å². The zero-order valence-corrected chi connectivity index (χ0v) is 10.5. The van der Waals surface area contributed by atoms with Crippen molar-refractivity contribution in [3.63, 3.8) is 0 Å². The minimum atomic E-state index is -0.983. The van der Waals surface area contributed by atoms with Gasteiger partial charge in [0.05, 0.1) is 5.69 Å². The minimum absolute atomic E-state index is 0.186. The number of nitrogens with zero attached hydrogens (tertiary/aromatic N) is 1. The molecule has 0 bridgehead atoms. The molecule has 3 heterocycles. The zero-order valence-electron chi connectivity index (χ0n) is 9.69. The average molecular weight is 263 g/mol. The fourth-order valence-electron chi connectivity index (χ4n) is 2.25. The summed E-state index contributed by atoms with van der Waals surface area (Å²) in [5.74, 6) is -0.983. The van der Waals surface area contributed by atoms with Crippen LogP contribution in [0.25, 0.3) is 10.2 Å². The van der Waals surface area contributed by atoms with Gasteiger partial charge in [0.1, 0.15) is 9.71 Å². The average Bonchev–Trinajstić information content (AvgIpc) is 2.53. The van der Waals surface area contributed by atoms with E-state index in [2.05, 4.69) is 10.3 Å². The Balaban J connectivity index is 2.22. The van der Waals surface area contributed by atoms with Crippen molar-refractivity contribution in [2.45, 2.75) is 19.4 Å². The fourth-order valence-corrected chi connectivity index (χ4v) is 3.19. The van der Waals surface area contributed by atoms with Crippen LogP contribution in [0.2, 0.25) is 0 Å². The topological polar surface area (TPSA) is 88.2 Å². The number of aromatic carboxylic acids is 1. The van der Waals surface area contributed by atoms with Gasteiger partial charge in [-0.1, -0.05) is 0 Å². The smallest absolute Gasteiger partial charge is 0.348 e. The molecule has 0 radical (unpaired) electrons. The minimum Gasteiger partial charge on any atom is -0.477 e. The number of carboxylic acid groups (broad SMARTS) is 1. The lowest BCUT2D eigenvalue weighted by Crippen LogP contribution is -2.12. The lowest BCUT2D eigenvalue weighted by Gasteiger charge is -2.04. The van der Waals surface area contributed by atoms with Crippen LogP contribution in [0, 0.1) is 0 Å². The van der Waals surface area contributed by atoms with Crippen molar-refractivity contribution in [3.8, 4) is 0 Å². The summed E-state index contributed by atoms with van der Waals surface area (Å²) < 4.78 is 0. The largest absolute Gasteiger partial charge is 0.477 e. The molecule has 2 aromatic heterocycles. The maximum atomic E-state index is 11.1. The lowest BCUT2D eigenvalue weighted by atomic mass is 10.1. The molecule has 1 aliphatic rings. The molecule has 0 spiro atoms. The van der Waals surface area contributed by atoms with E-state index in [1.165, 1.54) is 0 Å². The van der Waals surface area contributed by atoms with Crippen LogP contribution in [0.4, 0.5) is 5.69 Å². The fraction of sp³-hybridized carbons (Fsp3) is 0.333. The van der Waals surface area contributed by atoms with Gasteiger partial charge in [-0.25, -0.2) is 9.78 Å². The van der Waals surface area contributed by atoms with Gasteiger partial charge in [0, 0.05) is 17.6 Å². The van der Waals surface area contributed by atoms with Crippen molar-refractivity contribution in [3.05, 3.63) is 22.2 Å². The van der Waals surface area contributed by atoms with Crippen LogP contribution < -0.4 is 11.1 Å². The number of hydrogen-bond donors (Lipinski definition) is 3. The molecular weight excluding hydrogens is 250 g/mol. The second-order valence-corrected chi connectivity index (χ2v) is 5.38. The van der Waals surface area contributed by atoms with E-state index >= 15 is 0 Å². The van der Waals surface area contributed by atoms with Gasteiger partial charge in [-0.15, -0.1) is 11.3 Å². The first kappa shape index (κ1) is 11.4. The van der Waals surface area contributed by atoms with Gasteiger partial charge in [-0.2, -0.15) is 0 Å². The zero-order chi connectivity index (χ0) is 12.7. The highest BCUT2D eigenvalue weighted by Gasteiger charge is 2.19. The van der Waals surface area contributed by atoms with E-state index in [4.69, 9.17) is 10.8 Å². The highest BCUT2D eigenvalue weighted by atomic mass is 32.1. The number of aromatic nitrogens is 1. The first-order valence-electron chi connectivity index (χ1n) is 5.81. The SMILES string of the molecule is Nc1c(C(=O)O)sc2nc3c(cc12)CNCCC3. The van der Waals surface area contributed by atoms with Gasteiger partial charge in [0.15, 0.2) is 0 Å². The van der Waals surface area contributed by atoms with Crippen molar-refractivity contribution >= 4 is 33.2 Å². The third-order valence-corrected chi connectivity index (χ3v) is 4.27. The molecule has 0 amide bonds. The third-order valence-electron chi connectivity index (χ3n) is 3.17. The quantitative estimate of drug-likeness (QED) is 0.727. The van der Waals surface area contributed by atoms with E-state index in [-0.39, 0.29) is 4.88 Å². The van der Waals surface area contributed by atoms with E-state index in [9.17, 15) is 4.79 Å². The molecule has 0 unspecified atom stereocenters. The van der Waals surface area contributed by atoms with E-state index in [0.717, 1.165) is 58.7 Å². The van der Waals surface area contributed by atoms with Gasteiger partial charge >= 0.3 is 5.97 Å². The monoisotopic (exact) mass is 263 g/mol. The first-order chi connectivity index (χ1) is 8.66. The Morgan fingerprint density at radius 3 is 3.17 bits per heavy atom. The summed E-state index contributed by atoms with van der Waals surface area (Å²) in [5, 5.41) is 13.2. The summed E-state index contributed by atoms with van der Waals surface area (Å²) in [5.41, 5.74) is 8.40. The summed E-state index contributed by atoms with van der Waals surface area (Å²) in [7, 11) is 0. The van der Waals surface area contributed by atoms with Gasteiger partial charge in [0.2, 0.25) is 0 Å². The van der Waals surface area contributed by atoms with Gasteiger partial charge in [0.25, 0.3) is 0 Å². The number of thiophene rings is 1. The van der Waals surface area contributed by atoms with Crippen LogP contribution in [0.5, 0.6) is 0 Å². The summed E-state index contributed by atoms with van der Waals surface area (Å²) in [6.45, 7) is 1.76. The molecule has 18 heavy (non-hydrogen) atoms. The van der Waals surface area contributed by atoms with Gasteiger partial charge in [-0.05, 0) is 31.0 Å². The number of aryl methyl sites for hydroxylation is 1. The Bertz CT molecular complexity index is 636. The van der Waals surface area contributed by atoms with E-state index in [1.54, 1.807) is 0 Å². The molecule has 94 valence electrons. The number of pyridine rings is 1. The maximum Gasteiger partial charge on any atom is 0.348 e. The van der Waals surface area contributed by atoms with Crippen molar-refractivity contribution in [1.29, 1.82) is 0 Å². The third kappa shape index (κ3) is 1.74. The van der Waals surface area contributed by atoms with E-state index in [1.807, 2.05) is 6.07 Å². The summed E-state index contributed by atoms with van der Waals surface area (Å²) in [6.07, 6.45) is 1.98. The predicted molar refractivity (Wildman–Crippen MR) is 71.0 cm³/mol. The van der Waals surface area contributed by atoms with E-state index in [0.29, 0.717) is 5.69 Å². The molecule has 4 N–H and O–H groups in total. The highest BCUT2D eigenvalue weighted by Crippen LogP contribution is 2.34. The number of rotatable bonds is 1. The molecule has 0 saturated carbocycles. The number of nitrogens with two attached hydrogens (primary N) is 1. The van der Waals surface area contributed by atoms with Crippen molar-refractivity contribution in [2.24, 2.45) is 0 Å². The highest BCUT2D eigenvalue weighted by molar-refractivity contribution is 7.21. The maximum absolute atomic E-state index is 11.1. The summed E-state index contributed by atoms with van der Waals surface area (Å²) >= 11 is 1.16. The molecule has 5 nitrogen and oxygen atoms in total. The van der Waals surface area contributed by atoms with E-state index < -0.39 is 5.97 Å². The Labute approximate surface area is 108 Å². The first-order valence-corrected chi connectivity index (χ1v) is 6.63. The standard InChI is InChI=1S/C12H13N3O2S/c13-9-7-4-6-5-14-3-1-2-8(6)15-11(7)18-10(9)12(16)17/h4,14H,1-3,5,13H2,(H,16,17). The van der Waals surface area contributed by atoms with Crippen LogP contribution in [-0.2, 0) is 13.0 Å². The molecule has 0 fully saturated rings. The predicted octanol–water partition coefficient (Wildman–Crippen LogP) is 1.61. The Kier molecular flexibility index (Phi) is 2.68. The summed E-state index contributed by atoms with van der Waals surface area (Å²) in [4.78, 5) is 16.5. The van der Waals surface area contributed by atoms with Crippen LogP contribution in [0.15, 0.2) is 6.07 Å². The molecule has 2 aromatic rings. The number of hydrogen-bond acceptors (Lipinski definition) is 5. The molecular formula is C12H13N3O2S. The normalized spacial score (nSPS) is 15.3. The number of nitrogen functional groups attached to an aromatic ring is 1. The van der Waals surface area contributed by atoms with Crippen LogP contribution in [0.1, 0.15) is 27.3 Å². The number of carboxylic acids is 1. The summed E-state index contributed by atoms with van der Waals surface area (Å²) in [6, 6.07) is 1.98. The van der Waals surface area contributed by atoms with Crippen LogP contribution in [-0.4, -0.2) is 22.6 Å². The Hall–Kier alpha value is -1.66.